The molecule has 0 radical (unpaired) electrons. The zero-order valence-electron chi connectivity index (χ0n) is 17.4. The molecule has 7 heteroatoms. The Hall–Kier alpha value is -0.830. The van der Waals surface area contributed by atoms with Crippen LogP contribution in [-0.4, -0.2) is 60.4 Å². The minimum absolute atomic E-state index is 0. The van der Waals surface area contributed by atoms with Gasteiger partial charge >= 0.3 is 0 Å². The van der Waals surface area contributed by atoms with Crippen molar-refractivity contribution in [2.75, 3.05) is 33.7 Å². The Bertz CT molecular complexity index is 604. The number of nitrogens with zero attached hydrogens (tertiary/aromatic N) is 4. The molecule has 1 unspecified atom stereocenters. The molecule has 0 bridgehead atoms. The number of piperidine rings is 1. The van der Waals surface area contributed by atoms with Crippen molar-refractivity contribution in [2.45, 2.75) is 64.5 Å². The average molecular weight is 488 g/mol. The van der Waals surface area contributed by atoms with E-state index in [2.05, 4.69) is 52.3 Å². The molecular weight excluding hydrogens is 451 g/mol. The number of nitrogens with one attached hydrogen (secondary N) is 2. The van der Waals surface area contributed by atoms with Crippen LogP contribution in [0.4, 0.5) is 0 Å². The van der Waals surface area contributed by atoms with E-state index >= 15 is 0 Å². The summed E-state index contributed by atoms with van der Waals surface area (Å²) < 4.78 is 2.10. The maximum Gasteiger partial charge on any atom is 0.191 e. The topological polar surface area (TPSA) is 57.5 Å². The van der Waals surface area contributed by atoms with Gasteiger partial charge in [-0.1, -0.05) is 0 Å². The number of rotatable bonds is 5. The highest BCUT2D eigenvalue weighted by Gasteiger charge is 2.23. The van der Waals surface area contributed by atoms with E-state index in [1.807, 2.05) is 7.05 Å². The lowest BCUT2D eigenvalue weighted by Crippen LogP contribution is -2.46. The maximum absolute atomic E-state index is 4.78. The predicted molar refractivity (Wildman–Crippen MR) is 123 cm³/mol. The van der Waals surface area contributed by atoms with Gasteiger partial charge in [-0.2, -0.15) is 5.10 Å². The largest absolute Gasteiger partial charge is 0.356 e. The average Bonchev–Trinajstić information content (AvgIpc) is 3.06. The van der Waals surface area contributed by atoms with Crippen LogP contribution in [0.15, 0.2) is 11.2 Å². The zero-order valence-corrected chi connectivity index (χ0v) is 19.7. The summed E-state index contributed by atoms with van der Waals surface area (Å²) in [4.78, 5) is 6.86. The van der Waals surface area contributed by atoms with Gasteiger partial charge in [0, 0.05) is 38.3 Å². The van der Waals surface area contributed by atoms with Gasteiger partial charge in [-0.15, -0.1) is 24.0 Å². The number of aliphatic imine (C=N–C) groups is 1. The number of hydrogen-bond acceptors (Lipinski definition) is 3. The maximum atomic E-state index is 4.78. The normalized spacial score (nSPS) is 21.7. The minimum atomic E-state index is 0. The highest BCUT2D eigenvalue weighted by Crippen LogP contribution is 2.22. The van der Waals surface area contributed by atoms with E-state index in [0.29, 0.717) is 12.1 Å². The lowest BCUT2D eigenvalue weighted by molar-refractivity contribution is 0.213. The van der Waals surface area contributed by atoms with E-state index in [4.69, 9.17) is 5.10 Å². The third kappa shape index (κ3) is 6.34. The van der Waals surface area contributed by atoms with Gasteiger partial charge in [0.2, 0.25) is 0 Å². The number of likely N-dealkylation sites (tertiary alicyclic amines) is 1. The SMILES string of the molecule is CN=C(NCCC1CCN(C)CC1)NC1CCc2cn(C(C)C)nc2C1.I. The molecule has 1 aliphatic heterocycles. The van der Waals surface area contributed by atoms with Gasteiger partial charge in [0.1, 0.15) is 0 Å². The predicted octanol–water partition coefficient (Wildman–Crippen LogP) is 2.84. The molecule has 1 saturated heterocycles. The van der Waals surface area contributed by atoms with Crippen LogP contribution in [0, 0.1) is 5.92 Å². The van der Waals surface area contributed by atoms with Crippen LogP contribution in [0.2, 0.25) is 0 Å². The Kier molecular flexibility index (Phi) is 8.85. The van der Waals surface area contributed by atoms with Crippen molar-refractivity contribution in [1.29, 1.82) is 0 Å². The summed E-state index contributed by atoms with van der Waals surface area (Å²) in [6.07, 6.45) is 9.36. The van der Waals surface area contributed by atoms with Gasteiger partial charge in [-0.3, -0.25) is 9.67 Å². The summed E-state index contributed by atoms with van der Waals surface area (Å²) >= 11 is 0. The Labute approximate surface area is 181 Å². The molecule has 154 valence electrons. The van der Waals surface area contributed by atoms with E-state index < -0.39 is 0 Å². The van der Waals surface area contributed by atoms with Crippen LogP contribution < -0.4 is 10.6 Å². The van der Waals surface area contributed by atoms with E-state index in [9.17, 15) is 0 Å². The first kappa shape index (κ1) is 22.5. The lowest BCUT2D eigenvalue weighted by Gasteiger charge is -2.29. The highest BCUT2D eigenvalue weighted by atomic mass is 127. The number of fused-ring (bicyclic) bond motifs is 1. The molecule has 1 fully saturated rings. The van der Waals surface area contributed by atoms with Crippen LogP contribution in [0.5, 0.6) is 0 Å². The number of guanidine groups is 1. The van der Waals surface area contributed by atoms with Crippen LogP contribution in [-0.2, 0) is 12.8 Å². The molecule has 1 atom stereocenters. The second-order valence-electron chi connectivity index (χ2n) is 8.29. The quantitative estimate of drug-likeness (QED) is 0.380. The Morgan fingerprint density at radius 2 is 2.04 bits per heavy atom. The van der Waals surface area contributed by atoms with Gasteiger partial charge in [0.05, 0.1) is 5.69 Å². The first-order valence-electron chi connectivity index (χ1n) is 10.3. The van der Waals surface area contributed by atoms with E-state index in [1.54, 1.807) is 0 Å². The van der Waals surface area contributed by atoms with Crippen molar-refractivity contribution in [3.8, 4) is 0 Å². The fourth-order valence-electron chi connectivity index (χ4n) is 4.03. The van der Waals surface area contributed by atoms with E-state index in [-0.39, 0.29) is 24.0 Å². The molecule has 2 N–H and O–H groups in total. The standard InChI is InChI=1S/C20H36N6.HI/c1-15(2)26-14-17-5-6-18(13-19(17)24-26)23-20(21-3)22-10-7-16-8-11-25(4)12-9-16;/h14-16,18H,5-13H2,1-4H3,(H2,21,22,23);1H. The van der Waals surface area contributed by atoms with Gasteiger partial charge in [-0.25, -0.2) is 0 Å². The van der Waals surface area contributed by atoms with Crippen molar-refractivity contribution in [3.05, 3.63) is 17.5 Å². The second-order valence-corrected chi connectivity index (χ2v) is 8.29. The monoisotopic (exact) mass is 488 g/mol. The van der Waals surface area contributed by atoms with Crippen molar-refractivity contribution >= 4 is 29.9 Å². The first-order valence-corrected chi connectivity index (χ1v) is 10.3. The van der Waals surface area contributed by atoms with Crippen LogP contribution in [0.25, 0.3) is 0 Å². The van der Waals surface area contributed by atoms with E-state index in [1.165, 1.54) is 43.6 Å². The number of hydrogen-bond donors (Lipinski definition) is 2. The molecular formula is C20H37IN6. The molecule has 1 aliphatic carbocycles. The number of halogens is 1. The Morgan fingerprint density at radius 1 is 1.30 bits per heavy atom. The molecule has 6 nitrogen and oxygen atoms in total. The molecule has 27 heavy (non-hydrogen) atoms. The molecule has 0 spiro atoms. The molecule has 2 heterocycles. The molecule has 1 aromatic rings. The van der Waals surface area contributed by atoms with Crippen LogP contribution >= 0.6 is 24.0 Å². The van der Waals surface area contributed by atoms with Gasteiger partial charge in [0.15, 0.2) is 5.96 Å². The van der Waals surface area contributed by atoms with Crippen molar-refractivity contribution in [1.82, 2.24) is 25.3 Å². The van der Waals surface area contributed by atoms with Gasteiger partial charge in [-0.05, 0) is 77.6 Å². The summed E-state index contributed by atoms with van der Waals surface area (Å²) in [6, 6.07) is 0.855. The second kappa shape index (κ2) is 10.6. The van der Waals surface area contributed by atoms with E-state index in [0.717, 1.165) is 37.7 Å². The fourth-order valence-corrected chi connectivity index (χ4v) is 4.03. The summed E-state index contributed by atoms with van der Waals surface area (Å²) in [5, 5.41) is 11.9. The lowest BCUT2D eigenvalue weighted by atomic mass is 9.93. The fraction of sp³-hybridized carbons (Fsp3) is 0.800. The summed E-state index contributed by atoms with van der Waals surface area (Å²) in [5.74, 6) is 1.80. The molecule has 2 aliphatic rings. The first-order chi connectivity index (χ1) is 12.5. The zero-order chi connectivity index (χ0) is 18.5. The summed E-state index contributed by atoms with van der Waals surface area (Å²) in [7, 11) is 4.09. The smallest absolute Gasteiger partial charge is 0.191 e. The molecule has 0 saturated carbocycles. The number of aryl methyl sites for hydroxylation is 1. The minimum Gasteiger partial charge on any atom is -0.356 e. The van der Waals surface area contributed by atoms with Crippen molar-refractivity contribution < 1.29 is 0 Å². The van der Waals surface area contributed by atoms with Gasteiger partial charge < -0.3 is 15.5 Å². The third-order valence-electron chi connectivity index (χ3n) is 5.87. The molecule has 0 aromatic carbocycles. The Morgan fingerprint density at radius 3 is 2.70 bits per heavy atom. The highest BCUT2D eigenvalue weighted by molar-refractivity contribution is 14.0. The third-order valence-corrected chi connectivity index (χ3v) is 5.87. The van der Waals surface area contributed by atoms with Crippen molar-refractivity contribution in [3.63, 3.8) is 0 Å². The molecule has 0 amide bonds. The Balaban J connectivity index is 0.00000261. The number of aromatic nitrogens is 2. The van der Waals surface area contributed by atoms with Crippen LogP contribution in [0.1, 0.15) is 56.8 Å². The van der Waals surface area contributed by atoms with Crippen molar-refractivity contribution in [2.24, 2.45) is 10.9 Å². The molecule has 1 aromatic heterocycles. The van der Waals surface area contributed by atoms with Crippen LogP contribution in [0.3, 0.4) is 0 Å². The summed E-state index contributed by atoms with van der Waals surface area (Å²) in [5.41, 5.74) is 2.67. The summed E-state index contributed by atoms with van der Waals surface area (Å²) in [6.45, 7) is 7.86. The molecule has 3 rings (SSSR count). The van der Waals surface area contributed by atoms with Gasteiger partial charge in [0.25, 0.3) is 0 Å².